The fourth-order valence-corrected chi connectivity index (χ4v) is 13.2. The molecule has 0 saturated carbocycles. The zero-order valence-electron chi connectivity index (χ0n) is 29.6. The maximum Gasteiger partial charge on any atom is 0.179 e. The summed E-state index contributed by atoms with van der Waals surface area (Å²) in [5.74, 6) is 1.80. The number of para-hydroxylation sites is 2. The van der Waals surface area contributed by atoms with E-state index in [1.165, 1.54) is 48.6 Å². The first-order valence-corrected chi connectivity index (χ1v) is 20.5. The van der Waals surface area contributed by atoms with E-state index in [2.05, 4.69) is 199 Å². The SMILES string of the molecule is c1ccc(-c2cc(-c3ccccc3)cc([Si](c3ccccc3)(c3ccccc3)c3cccc(-c4ccc5c(c4)nc4n5-c5ccccc5OC4)c3)c2)cc1. The fourth-order valence-electron chi connectivity index (χ4n) is 8.33. The van der Waals surface area contributed by atoms with Crippen LogP contribution in [0.15, 0.2) is 206 Å². The molecule has 10 rings (SSSR count). The van der Waals surface area contributed by atoms with Crippen LogP contribution < -0.4 is 25.5 Å². The van der Waals surface area contributed by atoms with Gasteiger partial charge in [0.1, 0.15) is 12.4 Å². The maximum absolute atomic E-state index is 6.07. The van der Waals surface area contributed by atoms with Crippen molar-refractivity contribution in [2.75, 3.05) is 0 Å². The van der Waals surface area contributed by atoms with Crippen LogP contribution in [-0.2, 0) is 6.61 Å². The van der Waals surface area contributed by atoms with Crippen molar-refractivity contribution in [2.45, 2.75) is 6.61 Å². The molecule has 1 aromatic heterocycles. The minimum Gasteiger partial charge on any atom is -0.483 e. The molecule has 9 aromatic rings. The molecule has 2 heterocycles. The highest BCUT2D eigenvalue weighted by atomic mass is 28.3. The number of nitrogens with zero attached hydrogens (tertiary/aromatic N) is 2. The lowest BCUT2D eigenvalue weighted by atomic mass is 9.99. The van der Waals surface area contributed by atoms with Crippen LogP contribution in [0.1, 0.15) is 5.82 Å². The Morgan fingerprint density at radius 1 is 0.407 bits per heavy atom. The molecule has 0 aliphatic carbocycles. The third-order valence-corrected chi connectivity index (χ3v) is 15.5. The van der Waals surface area contributed by atoms with Crippen LogP contribution in [0, 0.1) is 0 Å². The van der Waals surface area contributed by atoms with Crippen molar-refractivity contribution < 1.29 is 4.74 Å². The van der Waals surface area contributed by atoms with Gasteiger partial charge in [-0.25, -0.2) is 4.98 Å². The van der Waals surface area contributed by atoms with E-state index < -0.39 is 8.07 Å². The van der Waals surface area contributed by atoms with Crippen molar-refractivity contribution >= 4 is 39.9 Å². The summed E-state index contributed by atoms with van der Waals surface area (Å²) in [7, 11) is -2.93. The Bertz CT molecular complexity index is 2660. The Kier molecular flexibility index (Phi) is 7.89. The van der Waals surface area contributed by atoms with Gasteiger partial charge in [0.15, 0.2) is 13.9 Å². The largest absolute Gasteiger partial charge is 0.483 e. The van der Waals surface area contributed by atoms with Gasteiger partial charge in [0.2, 0.25) is 0 Å². The van der Waals surface area contributed by atoms with Gasteiger partial charge in [-0.2, -0.15) is 0 Å². The van der Waals surface area contributed by atoms with Crippen molar-refractivity contribution in [1.29, 1.82) is 0 Å². The van der Waals surface area contributed by atoms with E-state index >= 15 is 0 Å². The van der Waals surface area contributed by atoms with Gasteiger partial charge in [-0.3, -0.25) is 4.57 Å². The van der Waals surface area contributed by atoms with Gasteiger partial charge < -0.3 is 4.74 Å². The number of ether oxygens (including phenoxy) is 1. The van der Waals surface area contributed by atoms with Crippen molar-refractivity contribution in [3.63, 3.8) is 0 Å². The topological polar surface area (TPSA) is 27.1 Å². The average Bonchev–Trinajstić information content (AvgIpc) is 3.64. The van der Waals surface area contributed by atoms with E-state index in [9.17, 15) is 0 Å². The summed E-state index contributed by atoms with van der Waals surface area (Å²) >= 11 is 0. The van der Waals surface area contributed by atoms with E-state index in [-0.39, 0.29) is 0 Å². The van der Waals surface area contributed by atoms with Crippen LogP contribution in [0.3, 0.4) is 0 Å². The van der Waals surface area contributed by atoms with Crippen molar-refractivity contribution in [1.82, 2.24) is 9.55 Å². The third-order valence-electron chi connectivity index (χ3n) is 10.8. The number of fused-ring (bicyclic) bond motifs is 5. The van der Waals surface area contributed by atoms with Gasteiger partial charge in [-0.15, -0.1) is 0 Å². The Morgan fingerprint density at radius 3 is 1.57 bits per heavy atom. The second-order valence-corrected chi connectivity index (χ2v) is 17.7. The molecule has 1 aliphatic heterocycles. The molecule has 0 fully saturated rings. The quantitative estimate of drug-likeness (QED) is 0.122. The van der Waals surface area contributed by atoms with Gasteiger partial charge in [-0.05, 0) is 84.5 Å². The van der Waals surface area contributed by atoms with Crippen molar-refractivity contribution in [2.24, 2.45) is 0 Å². The molecule has 0 saturated heterocycles. The van der Waals surface area contributed by atoms with Gasteiger partial charge in [0, 0.05) is 0 Å². The first kappa shape index (κ1) is 31.9. The average molecular weight is 709 g/mol. The number of hydrogen-bond acceptors (Lipinski definition) is 2. The molecule has 8 aromatic carbocycles. The molecule has 1 aliphatic rings. The Balaban J connectivity index is 1.21. The smallest absolute Gasteiger partial charge is 0.179 e. The number of rotatable bonds is 7. The third kappa shape index (κ3) is 5.39. The molecular weight excluding hydrogens is 673 g/mol. The minimum absolute atomic E-state index is 0.450. The normalized spacial score (nSPS) is 12.1. The van der Waals surface area contributed by atoms with Crippen LogP contribution >= 0.6 is 0 Å². The summed E-state index contributed by atoms with van der Waals surface area (Å²) in [5.41, 5.74) is 10.2. The monoisotopic (exact) mass is 708 g/mol. The number of imidazole rings is 1. The maximum atomic E-state index is 6.07. The van der Waals surface area contributed by atoms with Crippen LogP contribution in [0.5, 0.6) is 5.75 Å². The first-order valence-electron chi connectivity index (χ1n) is 18.5. The predicted octanol–water partition coefficient (Wildman–Crippen LogP) is 9.30. The summed E-state index contributed by atoms with van der Waals surface area (Å²) in [5, 5.41) is 5.35. The molecule has 0 bridgehead atoms. The number of aromatic nitrogens is 2. The number of hydrogen-bond donors (Lipinski definition) is 0. The highest BCUT2D eigenvalue weighted by Crippen LogP contribution is 2.35. The Labute approximate surface area is 316 Å². The van der Waals surface area contributed by atoms with E-state index in [1.807, 2.05) is 12.1 Å². The zero-order valence-corrected chi connectivity index (χ0v) is 30.6. The Hall–Kier alpha value is -6.75. The summed E-state index contributed by atoms with van der Waals surface area (Å²) < 4.78 is 8.31. The van der Waals surface area contributed by atoms with E-state index in [1.54, 1.807) is 0 Å². The highest BCUT2D eigenvalue weighted by molar-refractivity contribution is 7.20. The first-order chi connectivity index (χ1) is 26.8. The second-order valence-electron chi connectivity index (χ2n) is 13.9. The molecule has 3 nitrogen and oxygen atoms in total. The van der Waals surface area contributed by atoms with Crippen molar-refractivity contribution in [3.05, 3.63) is 212 Å². The Morgan fingerprint density at radius 2 is 0.926 bits per heavy atom. The predicted molar refractivity (Wildman–Crippen MR) is 225 cm³/mol. The van der Waals surface area contributed by atoms with Crippen LogP contribution in [-0.4, -0.2) is 17.6 Å². The summed E-state index contributed by atoms with van der Waals surface area (Å²) in [6.07, 6.45) is 0. The summed E-state index contributed by atoms with van der Waals surface area (Å²) in [6, 6.07) is 75.4. The minimum atomic E-state index is -2.93. The van der Waals surface area contributed by atoms with E-state index in [0.717, 1.165) is 33.9 Å². The lowest BCUT2D eigenvalue weighted by Gasteiger charge is -2.35. The van der Waals surface area contributed by atoms with Crippen LogP contribution in [0.2, 0.25) is 0 Å². The fraction of sp³-hybridized carbons (Fsp3) is 0.0200. The molecule has 4 heteroatoms. The van der Waals surface area contributed by atoms with E-state index in [0.29, 0.717) is 6.61 Å². The van der Waals surface area contributed by atoms with Crippen molar-refractivity contribution in [3.8, 4) is 44.8 Å². The van der Waals surface area contributed by atoms with E-state index in [4.69, 9.17) is 9.72 Å². The molecule has 0 atom stereocenters. The molecule has 0 unspecified atom stereocenters. The zero-order chi connectivity index (χ0) is 35.9. The standard InChI is InChI=1S/C50H36N2OSi/c1-5-16-36(17-6-1)40-30-41(37-18-7-2-8-19-37)33-45(32-40)54(42-21-9-3-10-22-42,43-23-11-4-12-24-43)44-25-15-20-38(31-44)39-28-29-47-46(34-39)51-50-35-53-49-27-14-13-26-48(49)52(47)50/h1-34H,35H2. The molecule has 0 amide bonds. The molecule has 0 N–H and O–H groups in total. The molecule has 0 radical (unpaired) electrons. The lowest BCUT2D eigenvalue weighted by molar-refractivity contribution is 0.280. The van der Waals surface area contributed by atoms with Crippen LogP contribution in [0.4, 0.5) is 0 Å². The van der Waals surface area contributed by atoms with Gasteiger partial charge >= 0.3 is 0 Å². The molecule has 256 valence electrons. The molecule has 54 heavy (non-hydrogen) atoms. The molecule has 0 spiro atoms. The van der Waals surface area contributed by atoms with Gasteiger partial charge in [0.05, 0.1) is 16.7 Å². The summed E-state index contributed by atoms with van der Waals surface area (Å²) in [4.78, 5) is 5.08. The molecular formula is C50H36N2OSi. The van der Waals surface area contributed by atoms with Crippen LogP contribution in [0.25, 0.3) is 50.1 Å². The lowest BCUT2D eigenvalue weighted by Crippen LogP contribution is -2.74. The summed E-state index contributed by atoms with van der Waals surface area (Å²) in [6.45, 7) is 0.450. The highest BCUT2D eigenvalue weighted by Gasteiger charge is 2.42. The second kappa shape index (κ2) is 13.3. The number of benzene rings is 8. The van der Waals surface area contributed by atoms with Gasteiger partial charge in [-0.1, -0.05) is 176 Å². The van der Waals surface area contributed by atoms with Gasteiger partial charge in [0.25, 0.3) is 0 Å².